The van der Waals surface area contributed by atoms with Crippen molar-refractivity contribution in [3.05, 3.63) is 0 Å². The van der Waals surface area contributed by atoms with E-state index in [9.17, 15) is 0 Å². The molecule has 0 aromatic heterocycles. The molecule has 0 amide bonds. The average Bonchev–Trinajstić information content (AvgIpc) is 0.918. The van der Waals surface area contributed by atoms with Gasteiger partial charge in [-0.25, -0.2) is 0 Å². The number of methoxy groups -OCH3 is 1. The predicted molar refractivity (Wildman–Crippen MR) is 36.9 cm³/mol. The van der Waals surface area contributed by atoms with Gasteiger partial charge in [-0.05, 0) is 0 Å². The van der Waals surface area contributed by atoms with Gasteiger partial charge in [-0.1, -0.05) is 0 Å². The molecule has 3 heteroatoms. The second-order valence-corrected chi connectivity index (χ2v) is 0.408. The van der Waals surface area contributed by atoms with Crippen LogP contribution in [0, 0.1) is 0 Å². The SMILES string of the molecule is COC.I.[PbH2]. The molecule has 0 rings (SSSR count). The van der Waals surface area contributed by atoms with Gasteiger partial charge in [-0.15, -0.1) is 24.0 Å². The summed E-state index contributed by atoms with van der Waals surface area (Å²) >= 11 is 0. The van der Waals surface area contributed by atoms with Crippen LogP contribution >= 0.6 is 24.0 Å². The van der Waals surface area contributed by atoms with E-state index in [-0.39, 0.29) is 51.3 Å². The standard InChI is InChI=1S/C2H6O.HI.Pb.2H/c1-3-2;;;;/h1-2H3;1H;;;. The molecule has 0 fully saturated rings. The van der Waals surface area contributed by atoms with Crippen LogP contribution in [0.15, 0.2) is 0 Å². The Kier molecular flexibility index (Phi) is 55.9. The molecule has 0 heterocycles. The molecule has 1 nitrogen and oxygen atoms in total. The Balaban J connectivity index is -0.0000000200. The Morgan fingerprint density at radius 3 is 1.20 bits per heavy atom. The molecule has 0 aromatic rings. The van der Waals surface area contributed by atoms with E-state index in [0.717, 1.165) is 0 Å². The molecule has 0 unspecified atom stereocenters. The third kappa shape index (κ3) is 28.2. The minimum absolute atomic E-state index is 0. The molecule has 34 valence electrons. The number of halogens is 1. The van der Waals surface area contributed by atoms with E-state index in [1.54, 1.807) is 14.2 Å². The van der Waals surface area contributed by atoms with E-state index in [1.165, 1.54) is 0 Å². The molecule has 2 radical (unpaired) electrons. The summed E-state index contributed by atoms with van der Waals surface area (Å²) in [7, 11) is 3.25. The maximum absolute atomic E-state index is 4.25. The van der Waals surface area contributed by atoms with Crippen molar-refractivity contribution >= 4 is 51.3 Å². The van der Waals surface area contributed by atoms with Crippen molar-refractivity contribution in [3.8, 4) is 0 Å². The van der Waals surface area contributed by atoms with Gasteiger partial charge in [0, 0.05) is 14.2 Å². The van der Waals surface area contributed by atoms with Crippen LogP contribution in [-0.2, 0) is 4.74 Å². The zero-order chi connectivity index (χ0) is 2.71. The molecule has 0 N–H and O–H groups in total. The fourth-order valence-corrected chi connectivity index (χ4v) is 0. The first kappa shape index (κ1) is 16.0. The van der Waals surface area contributed by atoms with Crippen molar-refractivity contribution in [2.24, 2.45) is 0 Å². The van der Waals surface area contributed by atoms with Crippen molar-refractivity contribution in [1.82, 2.24) is 0 Å². The van der Waals surface area contributed by atoms with Gasteiger partial charge >= 0.3 is 27.3 Å². The first-order valence-corrected chi connectivity index (χ1v) is 0.816. The fraction of sp³-hybridized carbons (Fsp3) is 1.00. The summed E-state index contributed by atoms with van der Waals surface area (Å²) in [6.45, 7) is 0. The van der Waals surface area contributed by atoms with Crippen molar-refractivity contribution in [1.29, 1.82) is 0 Å². The van der Waals surface area contributed by atoms with Crippen molar-refractivity contribution in [2.45, 2.75) is 0 Å². The van der Waals surface area contributed by atoms with Crippen LogP contribution in [0.3, 0.4) is 0 Å². The quantitative estimate of drug-likeness (QED) is 0.422. The first-order valence-electron chi connectivity index (χ1n) is 0.816. The van der Waals surface area contributed by atoms with E-state index < -0.39 is 0 Å². The van der Waals surface area contributed by atoms with E-state index in [2.05, 4.69) is 4.74 Å². The molecular formula is C2H9IOPb. The third-order valence-corrected chi connectivity index (χ3v) is 0. The second-order valence-electron chi connectivity index (χ2n) is 0.408. The van der Waals surface area contributed by atoms with Gasteiger partial charge < -0.3 is 4.74 Å². The Hall–Kier alpha value is 1.61. The molecule has 5 heavy (non-hydrogen) atoms. The Labute approximate surface area is 69.6 Å². The second kappa shape index (κ2) is 17.5. The molecule has 0 aliphatic heterocycles. The number of rotatable bonds is 0. The fourth-order valence-electron chi connectivity index (χ4n) is 0. The Morgan fingerprint density at radius 2 is 1.20 bits per heavy atom. The van der Waals surface area contributed by atoms with Crippen molar-refractivity contribution in [3.63, 3.8) is 0 Å². The maximum atomic E-state index is 4.25. The summed E-state index contributed by atoms with van der Waals surface area (Å²) in [6.07, 6.45) is 0. The molecule has 0 saturated heterocycles. The van der Waals surface area contributed by atoms with Crippen molar-refractivity contribution < 1.29 is 4.74 Å². The number of hydrogen-bond acceptors (Lipinski definition) is 1. The van der Waals surface area contributed by atoms with Crippen molar-refractivity contribution in [2.75, 3.05) is 14.2 Å². The van der Waals surface area contributed by atoms with Gasteiger partial charge in [0.1, 0.15) is 0 Å². The van der Waals surface area contributed by atoms with Crippen LogP contribution in [0.2, 0.25) is 0 Å². The van der Waals surface area contributed by atoms with Crippen LogP contribution in [-0.4, -0.2) is 41.5 Å². The summed E-state index contributed by atoms with van der Waals surface area (Å²) in [5.74, 6) is 0. The number of ether oxygens (including phenoxy) is 1. The van der Waals surface area contributed by atoms with Crippen LogP contribution < -0.4 is 0 Å². The predicted octanol–water partition coefficient (Wildman–Crippen LogP) is -0.0356. The zero-order valence-corrected chi connectivity index (χ0v) is 11.4. The van der Waals surface area contributed by atoms with Crippen LogP contribution in [0.5, 0.6) is 0 Å². The monoisotopic (exact) mass is 384 g/mol. The van der Waals surface area contributed by atoms with Gasteiger partial charge in [0.25, 0.3) is 0 Å². The van der Waals surface area contributed by atoms with Gasteiger partial charge in [-0.2, -0.15) is 0 Å². The summed E-state index contributed by atoms with van der Waals surface area (Å²) in [6, 6.07) is 0. The Bertz CT molecular complexity index is 9.61. The molecule has 0 aromatic carbocycles. The van der Waals surface area contributed by atoms with Crippen LogP contribution in [0.1, 0.15) is 0 Å². The topological polar surface area (TPSA) is 9.23 Å². The van der Waals surface area contributed by atoms with E-state index in [0.29, 0.717) is 0 Å². The normalized spacial score (nSPS) is 3.60. The average molecular weight is 383 g/mol. The molecular weight excluding hydrogens is 374 g/mol. The van der Waals surface area contributed by atoms with E-state index in [1.807, 2.05) is 0 Å². The summed E-state index contributed by atoms with van der Waals surface area (Å²) in [5.41, 5.74) is 0. The number of hydrogen-bond donors (Lipinski definition) is 0. The minimum atomic E-state index is 0. The third-order valence-electron chi connectivity index (χ3n) is 0. The van der Waals surface area contributed by atoms with Gasteiger partial charge in [0.05, 0.1) is 0 Å². The van der Waals surface area contributed by atoms with E-state index in [4.69, 9.17) is 0 Å². The molecule has 0 spiro atoms. The Morgan fingerprint density at radius 1 is 1.20 bits per heavy atom. The molecule has 0 aliphatic rings. The molecule has 0 atom stereocenters. The zero-order valence-electron chi connectivity index (χ0n) is 3.52. The van der Waals surface area contributed by atoms with Crippen LogP contribution in [0.4, 0.5) is 0 Å². The van der Waals surface area contributed by atoms with Gasteiger partial charge in [0.15, 0.2) is 0 Å². The van der Waals surface area contributed by atoms with Crippen LogP contribution in [0.25, 0.3) is 0 Å². The summed E-state index contributed by atoms with van der Waals surface area (Å²) in [5, 5.41) is 0. The molecule has 0 saturated carbocycles. The first-order chi connectivity index (χ1) is 1.41. The van der Waals surface area contributed by atoms with Gasteiger partial charge in [0.2, 0.25) is 0 Å². The van der Waals surface area contributed by atoms with E-state index >= 15 is 0 Å². The summed E-state index contributed by atoms with van der Waals surface area (Å²) in [4.78, 5) is 0. The van der Waals surface area contributed by atoms with Gasteiger partial charge in [-0.3, -0.25) is 0 Å². The molecule has 0 aliphatic carbocycles. The summed E-state index contributed by atoms with van der Waals surface area (Å²) < 4.78 is 4.25. The molecule has 0 bridgehead atoms.